The molecule has 0 aliphatic rings. The average molecular weight is 265 g/mol. The number of nitrogens with one attached hydrogen (secondary N) is 2. The van der Waals surface area contributed by atoms with Crippen LogP contribution in [0.1, 0.15) is 32.3 Å². The number of halogens is 1. The third-order valence-electron chi connectivity index (χ3n) is 3.32. The lowest BCUT2D eigenvalue weighted by molar-refractivity contribution is 0.514. The normalized spacial score (nSPS) is 13.1. The van der Waals surface area contributed by atoms with Crippen molar-refractivity contribution in [3.63, 3.8) is 0 Å². The molecule has 1 atom stereocenters. The molecule has 0 saturated heterocycles. The van der Waals surface area contributed by atoms with Gasteiger partial charge in [-0.3, -0.25) is 0 Å². The van der Waals surface area contributed by atoms with Crippen LogP contribution in [-0.4, -0.2) is 17.6 Å². The minimum absolute atomic E-state index is 0.571. The maximum absolute atomic E-state index is 5.98. The molecular weight excluding hydrogens is 244 g/mol. The molecule has 2 nitrogen and oxygen atoms in total. The third kappa shape index (κ3) is 3.27. The number of aryl methyl sites for hydroxylation is 1. The first kappa shape index (κ1) is 13.4. The molecule has 1 unspecified atom stereocenters. The molecule has 0 fully saturated rings. The van der Waals surface area contributed by atoms with Gasteiger partial charge in [0.1, 0.15) is 0 Å². The van der Waals surface area contributed by atoms with E-state index < -0.39 is 0 Å². The molecule has 3 heteroatoms. The molecule has 2 N–H and O–H groups in total. The SMILES string of the molecule is CCCNC(C)CCc1c[nH]c2cc(Cl)ccc12. The van der Waals surface area contributed by atoms with Crippen LogP contribution in [0, 0.1) is 0 Å². The van der Waals surface area contributed by atoms with Gasteiger partial charge in [-0.2, -0.15) is 0 Å². The molecule has 0 aliphatic heterocycles. The minimum Gasteiger partial charge on any atom is -0.361 e. The van der Waals surface area contributed by atoms with E-state index in [1.807, 2.05) is 12.1 Å². The van der Waals surface area contributed by atoms with E-state index in [1.54, 1.807) is 0 Å². The first-order chi connectivity index (χ1) is 8.70. The van der Waals surface area contributed by atoms with Crippen molar-refractivity contribution >= 4 is 22.5 Å². The fraction of sp³-hybridized carbons (Fsp3) is 0.467. The quantitative estimate of drug-likeness (QED) is 0.806. The molecular formula is C15H21ClN2. The summed E-state index contributed by atoms with van der Waals surface area (Å²) in [6, 6.07) is 6.62. The lowest BCUT2D eigenvalue weighted by Crippen LogP contribution is -2.27. The highest BCUT2D eigenvalue weighted by atomic mass is 35.5. The molecule has 1 heterocycles. The van der Waals surface area contributed by atoms with Crippen LogP contribution in [-0.2, 0) is 6.42 Å². The van der Waals surface area contributed by atoms with Crippen LogP contribution in [0.4, 0.5) is 0 Å². The number of rotatable bonds is 6. The van der Waals surface area contributed by atoms with Gasteiger partial charge in [-0.25, -0.2) is 0 Å². The molecule has 1 aromatic heterocycles. The van der Waals surface area contributed by atoms with E-state index in [2.05, 4.69) is 36.4 Å². The lowest BCUT2D eigenvalue weighted by atomic mass is 10.1. The van der Waals surface area contributed by atoms with Gasteiger partial charge in [-0.1, -0.05) is 24.6 Å². The maximum Gasteiger partial charge on any atom is 0.0471 e. The summed E-state index contributed by atoms with van der Waals surface area (Å²) in [5.41, 5.74) is 2.51. The summed E-state index contributed by atoms with van der Waals surface area (Å²) in [4.78, 5) is 3.29. The number of fused-ring (bicyclic) bond motifs is 1. The predicted octanol–water partition coefficient (Wildman–Crippen LogP) is 4.14. The van der Waals surface area contributed by atoms with E-state index in [-0.39, 0.29) is 0 Å². The number of H-pyrrole nitrogens is 1. The third-order valence-corrected chi connectivity index (χ3v) is 3.55. The van der Waals surface area contributed by atoms with Gasteiger partial charge in [0.05, 0.1) is 0 Å². The molecule has 98 valence electrons. The van der Waals surface area contributed by atoms with Crippen LogP contribution >= 0.6 is 11.6 Å². The Morgan fingerprint density at radius 3 is 3.00 bits per heavy atom. The molecule has 0 aliphatic carbocycles. The number of hydrogen-bond donors (Lipinski definition) is 2. The van der Waals surface area contributed by atoms with Crippen molar-refractivity contribution in [3.05, 3.63) is 35.0 Å². The molecule has 0 spiro atoms. The van der Waals surface area contributed by atoms with Gasteiger partial charge < -0.3 is 10.3 Å². The highest BCUT2D eigenvalue weighted by Gasteiger charge is 2.06. The van der Waals surface area contributed by atoms with E-state index in [9.17, 15) is 0 Å². The van der Waals surface area contributed by atoms with Crippen LogP contribution in [0.25, 0.3) is 10.9 Å². The summed E-state index contributed by atoms with van der Waals surface area (Å²) in [7, 11) is 0. The Bertz CT molecular complexity index is 504. The second-order valence-electron chi connectivity index (χ2n) is 4.90. The van der Waals surface area contributed by atoms with Crippen LogP contribution in [0.15, 0.2) is 24.4 Å². The van der Waals surface area contributed by atoms with Crippen LogP contribution in [0.2, 0.25) is 5.02 Å². The monoisotopic (exact) mass is 264 g/mol. The highest BCUT2D eigenvalue weighted by Crippen LogP contribution is 2.23. The zero-order chi connectivity index (χ0) is 13.0. The van der Waals surface area contributed by atoms with Crippen molar-refractivity contribution in [1.29, 1.82) is 0 Å². The van der Waals surface area contributed by atoms with Gasteiger partial charge in [-0.05, 0) is 50.4 Å². The minimum atomic E-state index is 0.571. The molecule has 2 aromatic rings. The van der Waals surface area contributed by atoms with Crippen LogP contribution < -0.4 is 5.32 Å². The van der Waals surface area contributed by atoms with E-state index in [1.165, 1.54) is 17.4 Å². The topological polar surface area (TPSA) is 27.8 Å². The molecule has 2 rings (SSSR count). The molecule has 1 aromatic carbocycles. The fourth-order valence-corrected chi connectivity index (χ4v) is 2.40. The number of benzene rings is 1. The summed E-state index contributed by atoms with van der Waals surface area (Å²) in [6.07, 6.45) is 5.55. The Labute approximate surface area is 114 Å². The Morgan fingerprint density at radius 1 is 1.39 bits per heavy atom. The summed E-state index contributed by atoms with van der Waals surface area (Å²) in [6.45, 7) is 5.55. The van der Waals surface area contributed by atoms with Gasteiger partial charge in [-0.15, -0.1) is 0 Å². The van der Waals surface area contributed by atoms with Gasteiger partial charge in [0.15, 0.2) is 0 Å². The zero-order valence-corrected chi connectivity index (χ0v) is 11.8. The van der Waals surface area contributed by atoms with Crippen molar-refractivity contribution < 1.29 is 0 Å². The summed E-state index contributed by atoms with van der Waals surface area (Å²) >= 11 is 5.98. The standard InChI is InChI=1S/C15H21ClN2/c1-3-8-17-11(2)4-5-12-10-18-15-9-13(16)6-7-14(12)15/h6-7,9-11,17-18H,3-5,8H2,1-2H3. The van der Waals surface area contributed by atoms with E-state index >= 15 is 0 Å². The molecule has 0 saturated carbocycles. The highest BCUT2D eigenvalue weighted by molar-refractivity contribution is 6.31. The van der Waals surface area contributed by atoms with Crippen LogP contribution in [0.3, 0.4) is 0 Å². The Morgan fingerprint density at radius 2 is 2.22 bits per heavy atom. The fourth-order valence-electron chi connectivity index (χ4n) is 2.23. The smallest absolute Gasteiger partial charge is 0.0471 e. The van der Waals surface area contributed by atoms with Crippen molar-refractivity contribution in [3.8, 4) is 0 Å². The molecule has 0 amide bonds. The first-order valence-electron chi connectivity index (χ1n) is 6.69. The van der Waals surface area contributed by atoms with Crippen molar-refractivity contribution in [2.75, 3.05) is 6.54 Å². The Balaban J connectivity index is 1.99. The van der Waals surface area contributed by atoms with Gasteiger partial charge >= 0.3 is 0 Å². The van der Waals surface area contributed by atoms with E-state index in [4.69, 9.17) is 11.6 Å². The molecule has 0 radical (unpaired) electrons. The predicted molar refractivity (Wildman–Crippen MR) is 79.4 cm³/mol. The summed E-state index contributed by atoms with van der Waals surface area (Å²) < 4.78 is 0. The van der Waals surface area contributed by atoms with Crippen molar-refractivity contribution in [2.45, 2.75) is 39.2 Å². The lowest BCUT2D eigenvalue weighted by Gasteiger charge is -2.12. The molecule has 18 heavy (non-hydrogen) atoms. The zero-order valence-electron chi connectivity index (χ0n) is 11.1. The molecule has 0 bridgehead atoms. The van der Waals surface area contributed by atoms with Gasteiger partial charge in [0.2, 0.25) is 0 Å². The van der Waals surface area contributed by atoms with Crippen molar-refractivity contribution in [1.82, 2.24) is 10.3 Å². The van der Waals surface area contributed by atoms with E-state index in [0.717, 1.165) is 29.9 Å². The van der Waals surface area contributed by atoms with Crippen LogP contribution in [0.5, 0.6) is 0 Å². The average Bonchev–Trinajstić information content (AvgIpc) is 2.76. The first-order valence-corrected chi connectivity index (χ1v) is 7.07. The van der Waals surface area contributed by atoms with E-state index in [0.29, 0.717) is 6.04 Å². The second-order valence-corrected chi connectivity index (χ2v) is 5.33. The maximum atomic E-state index is 5.98. The number of hydrogen-bond acceptors (Lipinski definition) is 1. The number of aromatic nitrogens is 1. The van der Waals surface area contributed by atoms with Gasteiger partial charge in [0, 0.05) is 28.2 Å². The van der Waals surface area contributed by atoms with Gasteiger partial charge in [0.25, 0.3) is 0 Å². The summed E-state index contributed by atoms with van der Waals surface area (Å²) in [5.74, 6) is 0. The summed E-state index contributed by atoms with van der Waals surface area (Å²) in [5, 5.41) is 5.60. The largest absolute Gasteiger partial charge is 0.361 e. The number of aromatic amines is 1. The second kappa shape index (κ2) is 6.26. The Kier molecular flexibility index (Phi) is 4.67. The van der Waals surface area contributed by atoms with Crippen molar-refractivity contribution in [2.24, 2.45) is 0 Å². The Hall–Kier alpha value is -0.990.